The van der Waals surface area contributed by atoms with Crippen LogP contribution in [0.1, 0.15) is 11.1 Å². The molecule has 0 heterocycles. The van der Waals surface area contributed by atoms with Gasteiger partial charge in [-0.1, -0.05) is 0 Å². The van der Waals surface area contributed by atoms with Gasteiger partial charge < -0.3 is 24.8 Å². The number of phenols is 2. The fraction of sp³-hybridized carbons (Fsp3) is 0.100. The van der Waals surface area contributed by atoms with E-state index in [0.29, 0.717) is 11.1 Å². The van der Waals surface area contributed by atoms with Gasteiger partial charge in [-0.25, -0.2) is 4.79 Å². The average Bonchev–Trinajstić information content (AvgIpc) is 2.71. The van der Waals surface area contributed by atoms with E-state index in [0.717, 1.165) is 12.2 Å². The van der Waals surface area contributed by atoms with Crippen molar-refractivity contribution in [3.8, 4) is 34.1 Å². The van der Waals surface area contributed by atoms with E-state index < -0.39 is 11.9 Å². The number of carbonyl (C=O) groups excluding carboxylic acids is 1. The summed E-state index contributed by atoms with van der Waals surface area (Å²) in [5.41, 5.74) is 1.00. The van der Waals surface area contributed by atoms with Crippen molar-refractivity contribution in [3.63, 3.8) is 0 Å². The third-order valence-corrected chi connectivity index (χ3v) is 3.85. The van der Waals surface area contributed by atoms with Crippen molar-refractivity contribution in [1.82, 2.24) is 0 Å². The van der Waals surface area contributed by atoms with Crippen molar-refractivity contribution in [1.29, 1.82) is 0 Å². The Balaban J connectivity index is 2.72. The monoisotopic (exact) mass is 399 g/mol. The van der Waals surface area contributed by atoms with E-state index in [2.05, 4.69) is 5.18 Å². The highest BCUT2D eigenvalue weighted by atomic mass is 16.5. The van der Waals surface area contributed by atoms with Crippen LogP contribution in [-0.4, -0.2) is 41.4 Å². The van der Waals surface area contributed by atoms with Gasteiger partial charge in [0.1, 0.15) is 0 Å². The maximum Gasteiger partial charge on any atom is 0.328 e. The normalized spacial score (nSPS) is 11.0. The molecule has 0 saturated heterocycles. The Bertz CT molecular complexity index is 1020. The Hall–Kier alpha value is -4.14. The summed E-state index contributed by atoms with van der Waals surface area (Å²) in [4.78, 5) is 32.1. The van der Waals surface area contributed by atoms with Gasteiger partial charge in [0, 0.05) is 28.5 Å². The third-order valence-electron chi connectivity index (χ3n) is 3.85. The van der Waals surface area contributed by atoms with Gasteiger partial charge in [-0.05, 0) is 47.5 Å². The van der Waals surface area contributed by atoms with E-state index in [4.69, 9.17) is 14.6 Å². The Kier molecular flexibility index (Phi) is 6.70. The molecule has 2 aromatic carbocycles. The van der Waals surface area contributed by atoms with Gasteiger partial charge in [-0.2, -0.15) is 0 Å². The number of ether oxygens (including phenoxy) is 2. The molecule has 29 heavy (non-hydrogen) atoms. The summed E-state index contributed by atoms with van der Waals surface area (Å²) < 4.78 is 10.3. The number of carbonyl (C=O) groups is 2. The third kappa shape index (κ3) is 4.98. The zero-order valence-corrected chi connectivity index (χ0v) is 15.4. The first kappa shape index (κ1) is 21.2. The minimum absolute atomic E-state index is 0.0403. The number of carboxylic acid groups (broad SMARTS) is 1. The largest absolute Gasteiger partial charge is 0.504 e. The van der Waals surface area contributed by atoms with Gasteiger partial charge in [-0.15, -0.1) is 4.91 Å². The van der Waals surface area contributed by atoms with Crippen molar-refractivity contribution >= 4 is 24.0 Å². The molecular weight excluding hydrogens is 382 g/mol. The lowest BCUT2D eigenvalue weighted by molar-refractivity contribution is -0.131. The van der Waals surface area contributed by atoms with Gasteiger partial charge in [0.15, 0.2) is 23.0 Å². The number of amides is 1. The van der Waals surface area contributed by atoms with E-state index in [9.17, 15) is 24.7 Å². The van der Waals surface area contributed by atoms with E-state index in [1.165, 1.54) is 50.6 Å². The lowest BCUT2D eigenvalue weighted by Gasteiger charge is -2.15. The van der Waals surface area contributed by atoms with E-state index >= 15 is 0 Å². The molecule has 0 spiro atoms. The quantitative estimate of drug-likeness (QED) is 0.476. The highest BCUT2D eigenvalue weighted by Gasteiger charge is 2.18. The van der Waals surface area contributed by atoms with Crippen LogP contribution in [0.2, 0.25) is 0 Å². The van der Waals surface area contributed by atoms with Crippen molar-refractivity contribution in [2.75, 3.05) is 14.2 Å². The molecule has 0 radical (unpaired) electrons. The average molecular weight is 399 g/mol. The Morgan fingerprint density at radius 2 is 1.31 bits per heavy atom. The molecule has 0 fully saturated rings. The summed E-state index contributed by atoms with van der Waals surface area (Å²) >= 11 is 0. The molecule has 3 N–H and O–H groups in total. The molecule has 1 amide bonds. The van der Waals surface area contributed by atoms with Gasteiger partial charge in [0.2, 0.25) is 0 Å². The summed E-state index contributed by atoms with van der Waals surface area (Å²) in [6.07, 6.45) is 4.43. The van der Waals surface area contributed by atoms with E-state index in [1.54, 1.807) is 0 Å². The number of nitroso groups, excluding NO2 is 1. The molecule has 0 aliphatic heterocycles. The van der Waals surface area contributed by atoms with Gasteiger partial charge in [-0.3, -0.25) is 4.79 Å². The number of rotatable bonds is 7. The standard InChI is InChI=1S/C20H17NO8/c1-28-15-9-11(3-5-17(22)21-27)7-13(19(15)25)14-8-12(4-6-18(23)24)10-16(29-2)20(14)26/h3-10,25-26H,1-2H3,(H,23,24)/b5-3+,6-4+. The molecule has 9 heteroatoms. The highest BCUT2D eigenvalue weighted by Crippen LogP contribution is 2.45. The van der Waals surface area contributed by atoms with Crippen LogP contribution in [0.4, 0.5) is 0 Å². The van der Waals surface area contributed by atoms with Crippen LogP contribution in [0.3, 0.4) is 0 Å². The van der Waals surface area contributed by atoms with E-state index in [1.807, 2.05) is 0 Å². The number of benzene rings is 2. The minimum Gasteiger partial charge on any atom is -0.504 e. The van der Waals surface area contributed by atoms with Crippen LogP contribution in [0, 0.1) is 4.91 Å². The molecule has 2 rings (SSSR count). The molecule has 2 aromatic rings. The number of hydrogen-bond donors (Lipinski definition) is 3. The summed E-state index contributed by atoms with van der Waals surface area (Å²) in [5.74, 6) is -2.68. The molecule has 9 nitrogen and oxygen atoms in total. The maximum atomic E-state index is 11.1. The lowest BCUT2D eigenvalue weighted by Crippen LogP contribution is -1.93. The number of aromatic hydroxyl groups is 2. The van der Waals surface area contributed by atoms with E-state index in [-0.39, 0.29) is 34.1 Å². The summed E-state index contributed by atoms with van der Waals surface area (Å²) in [6, 6.07) is 5.71. The van der Waals surface area contributed by atoms with Gasteiger partial charge in [0.05, 0.1) is 14.2 Å². The van der Waals surface area contributed by atoms with Crippen LogP contribution in [-0.2, 0) is 9.59 Å². The molecule has 0 aliphatic rings. The van der Waals surface area contributed by atoms with Crippen LogP contribution >= 0.6 is 0 Å². The molecular formula is C20H17NO8. The van der Waals surface area contributed by atoms with Crippen molar-refractivity contribution in [2.24, 2.45) is 5.18 Å². The lowest BCUT2D eigenvalue weighted by atomic mass is 9.97. The second-order valence-corrected chi connectivity index (χ2v) is 5.67. The molecule has 0 aliphatic carbocycles. The van der Waals surface area contributed by atoms with Gasteiger partial charge in [0.25, 0.3) is 0 Å². The Morgan fingerprint density at radius 3 is 1.69 bits per heavy atom. The van der Waals surface area contributed by atoms with Crippen LogP contribution in [0.25, 0.3) is 23.3 Å². The zero-order valence-electron chi connectivity index (χ0n) is 15.4. The van der Waals surface area contributed by atoms with Crippen LogP contribution in [0.15, 0.2) is 41.6 Å². The first-order valence-electron chi connectivity index (χ1n) is 8.09. The predicted molar refractivity (Wildman–Crippen MR) is 105 cm³/mol. The SMILES string of the molecule is COc1cc(/C=C/C(=O)O)cc(-c2cc(/C=C/C(=O)N=O)cc(OC)c2O)c1O. The number of carboxylic acids is 1. The molecule has 0 saturated carbocycles. The fourth-order valence-corrected chi connectivity index (χ4v) is 2.54. The highest BCUT2D eigenvalue weighted by molar-refractivity contribution is 5.93. The molecule has 150 valence electrons. The smallest absolute Gasteiger partial charge is 0.328 e. The van der Waals surface area contributed by atoms with Crippen LogP contribution < -0.4 is 9.47 Å². The maximum absolute atomic E-state index is 11.1. The first-order valence-corrected chi connectivity index (χ1v) is 8.09. The topological polar surface area (TPSA) is 143 Å². The first-order chi connectivity index (χ1) is 13.8. The predicted octanol–water partition coefficient (Wildman–Crippen LogP) is 3.19. The Labute approximate surface area is 165 Å². The Morgan fingerprint density at radius 1 is 0.862 bits per heavy atom. The van der Waals surface area contributed by atoms with Gasteiger partial charge >= 0.3 is 11.9 Å². The second-order valence-electron chi connectivity index (χ2n) is 5.67. The number of phenolic OH excluding ortho intramolecular Hbond substituents is 2. The number of hydrogen-bond acceptors (Lipinski definition) is 7. The van der Waals surface area contributed by atoms with Crippen LogP contribution in [0.5, 0.6) is 23.0 Å². The summed E-state index contributed by atoms with van der Waals surface area (Å²) in [7, 11) is 2.64. The summed E-state index contributed by atoms with van der Waals surface area (Å²) in [6.45, 7) is 0. The van der Waals surface area contributed by atoms with Crippen molar-refractivity contribution in [3.05, 3.63) is 52.5 Å². The fourth-order valence-electron chi connectivity index (χ4n) is 2.54. The number of methoxy groups -OCH3 is 2. The van der Waals surface area contributed by atoms with Crippen molar-refractivity contribution < 1.29 is 34.4 Å². The number of aliphatic carboxylic acids is 1. The summed E-state index contributed by atoms with van der Waals surface area (Å²) in [5, 5.41) is 32.2. The number of nitrogens with zero attached hydrogens (tertiary/aromatic N) is 1. The minimum atomic E-state index is -1.16. The molecule has 0 bridgehead atoms. The van der Waals surface area contributed by atoms with Crippen molar-refractivity contribution in [2.45, 2.75) is 0 Å². The second kappa shape index (κ2) is 9.18. The molecule has 0 unspecified atom stereocenters. The zero-order chi connectivity index (χ0) is 21.6. The molecule has 0 aromatic heterocycles. The molecule has 0 atom stereocenters.